The minimum atomic E-state index is -0.489. The van der Waals surface area contributed by atoms with E-state index < -0.39 is 6.10 Å². The first-order chi connectivity index (χ1) is 11.1. The summed E-state index contributed by atoms with van der Waals surface area (Å²) in [6.45, 7) is -0.0998. The zero-order valence-electron chi connectivity index (χ0n) is 12.8. The molecule has 0 aliphatic heterocycles. The van der Waals surface area contributed by atoms with Crippen LogP contribution >= 0.6 is 0 Å². The molecule has 1 aromatic heterocycles. The van der Waals surface area contributed by atoms with E-state index in [-0.39, 0.29) is 24.4 Å². The summed E-state index contributed by atoms with van der Waals surface area (Å²) in [6, 6.07) is 9.15. The Morgan fingerprint density at radius 2 is 2.00 bits per heavy atom. The summed E-state index contributed by atoms with van der Waals surface area (Å²) in [5.74, 6) is -0.596. The molecule has 1 aromatic carbocycles. The fourth-order valence-electron chi connectivity index (χ4n) is 2.99. The number of fused-ring (bicyclic) bond motifs is 1. The second-order valence-corrected chi connectivity index (χ2v) is 5.98. The maximum Gasteiger partial charge on any atom is 0.268 e. The number of rotatable bonds is 4. The van der Waals surface area contributed by atoms with Gasteiger partial charge < -0.3 is 20.7 Å². The Hall–Kier alpha value is -2.34. The van der Waals surface area contributed by atoms with Crippen molar-refractivity contribution in [3.05, 3.63) is 36.0 Å². The summed E-state index contributed by atoms with van der Waals surface area (Å²) in [5, 5.41) is 16.2. The molecule has 23 heavy (non-hydrogen) atoms. The molecule has 1 saturated carbocycles. The third-order valence-corrected chi connectivity index (χ3v) is 4.26. The topological polar surface area (TPSA) is 94.2 Å². The molecule has 6 heteroatoms. The molecule has 4 N–H and O–H groups in total. The Kier molecular flexibility index (Phi) is 4.62. The van der Waals surface area contributed by atoms with Crippen LogP contribution in [0, 0.1) is 0 Å². The predicted molar refractivity (Wildman–Crippen MR) is 87.0 cm³/mol. The minimum absolute atomic E-state index is 0.0998. The number of aromatic nitrogens is 1. The average molecular weight is 315 g/mol. The first-order valence-corrected chi connectivity index (χ1v) is 7.97. The summed E-state index contributed by atoms with van der Waals surface area (Å²) in [5.41, 5.74) is 1.31. The molecule has 2 atom stereocenters. The maximum absolute atomic E-state index is 12.1. The third kappa shape index (κ3) is 3.71. The van der Waals surface area contributed by atoms with Gasteiger partial charge in [0.05, 0.1) is 18.7 Å². The Labute approximate surface area is 134 Å². The van der Waals surface area contributed by atoms with Crippen LogP contribution in [0.25, 0.3) is 10.9 Å². The third-order valence-electron chi connectivity index (χ3n) is 4.26. The molecule has 1 aliphatic rings. The van der Waals surface area contributed by atoms with Crippen molar-refractivity contribution in [3.63, 3.8) is 0 Å². The molecule has 0 bridgehead atoms. The van der Waals surface area contributed by atoms with E-state index in [9.17, 15) is 14.7 Å². The van der Waals surface area contributed by atoms with Crippen LogP contribution in [0.5, 0.6) is 0 Å². The number of nitrogens with one attached hydrogen (secondary N) is 3. The molecular formula is C17H21N3O3. The van der Waals surface area contributed by atoms with Gasteiger partial charge in [-0.25, -0.2) is 0 Å². The molecule has 0 spiro atoms. The van der Waals surface area contributed by atoms with Gasteiger partial charge in [-0.05, 0) is 25.0 Å². The van der Waals surface area contributed by atoms with E-state index in [0.29, 0.717) is 12.1 Å². The highest BCUT2D eigenvalue weighted by Crippen LogP contribution is 2.18. The highest BCUT2D eigenvalue weighted by atomic mass is 16.3. The SMILES string of the molecule is O=C(CNC(=O)c1cc2ccccc2[nH]1)NC1CCCCC1O. The Balaban J connectivity index is 1.52. The number of hydrogen-bond acceptors (Lipinski definition) is 3. The number of benzene rings is 1. The van der Waals surface area contributed by atoms with Crippen LogP contribution in [0.1, 0.15) is 36.2 Å². The van der Waals surface area contributed by atoms with Crippen molar-refractivity contribution in [1.82, 2.24) is 15.6 Å². The van der Waals surface area contributed by atoms with Crippen LogP contribution < -0.4 is 10.6 Å². The first kappa shape index (κ1) is 15.6. The van der Waals surface area contributed by atoms with Crippen LogP contribution in [-0.4, -0.2) is 40.6 Å². The van der Waals surface area contributed by atoms with Crippen molar-refractivity contribution >= 4 is 22.7 Å². The Morgan fingerprint density at radius 1 is 1.22 bits per heavy atom. The van der Waals surface area contributed by atoms with E-state index in [1.54, 1.807) is 6.07 Å². The number of carbonyl (C=O) groups excluding carboxylic acids is 2. The standard InChI is InChI=1S/C17H21N3O3/c21-15-8-4-3-7-13(15)20-16(22)10-18-17(23)14-9-11-5-1-2-6-12(11)19-14/h1-2,5-6,9,13,15,19,21H,3-4,7-8,10H2,(H,18,23)(H,20,22). The van der Waals surface area contributed by atoms with Gasteiger partial charge in [-0.2, -0.15) is 0 Å². The number of aliphatic hydroxyl groups is 1. The highest BCUT2D eigenvalue weighted by molar-refractivity contribution is 5.99. The van der Waals surface area contributed by atoms with Crippen molar-refractivity contribution < 1.29 is 14.7 Å². The lowest BCUT2D eigenvalue weighted by molar-refractivity contribution is -0.122. The van der Waals surface area contributed by atoms with Crippen LogP contribution in [0.4, 0.5) is 0 Å². The predicted octanol–water partition coefficient (Wildman–Crippen LogP) is 1.32. The van der Waals surface area contributed by atoms with E-state index in [1.165, 1.54) is 0 Å². The summed E-state index contributed by atoms with van der Waals surface area (Å²) < 4.78 is 0. The fourth-order valence-corrected chi connectivity index (χ4v) is 2.99. The molecular weight excluding hydrogens is 294 g/mol. The van der Waals surface area contributed by atoms with Crippen molar-refractivity contribution in [1.29, 1.82) is 0 Å². The van der Waals surface area contributed by atoms with E-state index in [4.69, 9.17) is 0 Å². The summed E-state index contributed by atoms with van der Waals surface area (Å²) in [4.78, 5) is 27.0. The number of hydrogen-bond donors (Lipinski definition) is 4. The molecule has 6 nitrogen and oxygen atoms in total. The van der Waals surface area contributed by atoms with E-state index >= 15 is 0 Å². The van der Waals surface area contributed by atoms with Gasteiger partial charge in [0.1, 0.15) is 5.69 Å². The van der Waals surface area contributed by atoms with E-state index in [0.717, 1.165) is 30.2 Å². The minimum Gasteiger partial charge on any atom is -0.391 e. The molecule has 2 amide bonds. The second kappa shape index (κ2) is 6.83. The molecule has 0 saturated heterocycles. The lowest BCUT2D eigenvalue weighted by atomic mass is 9.92. The smallest absolute Gasteiger partial charge is 0.268 e. The number of aliphatic hydroxyl groups excluding tert-OH is 1. The van der Waals surface area contributed by atoms with Gasteiger partial charge in [0, 0.05) is 10.9 Å². The summed E-state index contributed by atoms with van der Waals surface area (Å²) in [6.07, 6.45) is 3.00. The van der Waals surface area contributed by atoms with Gasteiger partial charge in [-0.3, -0.25) is 9.59 Å². The van der Waals surface area contributed by atoms with Crippen LogP contribution in [0.15, 0.2) is 30.3 Å². The molecule has 1 heterocycles. The lowest BCUT2D eigenvalue weighted by Crippen LogP contribution is -2.48. The zero-order chi connectivity index (χ0) is 16.2. The van der Waals surface area contributed by atoms with Gasteiger partial charge in [-0.15, -0.1) is 0 Å². The van der Waals surface area contributed by atoms with E-state index in [1.807, 2.05) is 24.3 Å². The molecule has 2 aromatic rings. The molecule has 0 radical (unpaired) electrons. The quantitative estimate of drug-likeness (QED) is 0.685. The number of carbonyl (C=O) groups is 2. The Morgan fingerprint density at radius 3 is 2.78 bits per heavy atom. The van der Waals surface area contributed by atoms with Gasteiger partial charge >= 0.3 is 0 Å². The number of aromatic amines is 1. The molecule has 1 fully saturated rings. The number of H-pyrrole nitrogens is 1. The van der Waals surface area contributed by atoms with Crippen LogP contribution in [0.2, 0.25) is 0 Å². The summed E-state index contributed by atoms with van der Waals surface area (Å²) in [7, 11) is 0. The molecule has 2 unspecified atom stereocenters. The molecule has 1 aliphatic carbocycles. The van der Waals surface area contributed by atoms with Crippen molar-refractivity contribution in [2.24, 2.45) is 0 Å². The van der Waals surface area contributed by atoms with Gasteiger partial charge in [0.2, 0.25) is 5.91 Å². The average Bonchev–Trinajstić information content (AvgIpc) is 2.99. The van der Waals surface area contributed by atoms with Crippen molar-refractivity contribution in [2.75, 3.05) is 6.54 Å². The van der Waals surface area contributed by atoms with Crippen LogP contribution in [-0.2, 0) is 4.79 Å². The number of para-hydroxylation sites is 1. The molecule has 122 valence electrons. The fraction of sp³-hybridized carbons (Fsp3) is 0.412. The summed E-state index contributed by atoms with van der Waals surface area (Å²) >= 11 is 0. The van der Waals surface area contributed by atoms with Gasteiger partial charge in [0.15, 0.2) is 0 Å². The zero-order valence-corrected chi connectivity index (χ0v) is 12.8. The van der Waals surface area contributed by atoms with Crippen molar-refractivity contribution in [2.45, 2.75) is 37.8 Å². The normalized spacial score (nSPS) is 21.1. The van der Waals surface area contributed by atoms with E-state index in [2.05, 4.69) is 15.6 Å². The van der Waals surface area contributed by atoms with Gasteiger partial charge in [0.25, 0.3) is 5.91 Å². The van der Waals surface area contributed by atoms with Crippen molar-refractivity contribution in [3.8, 4) is 0 Å². The monoisotopic (exact) mass is 315 g/mol. The molecule has 3 rings (SSSR count). The second-order valence-electron chi connectivity index (χ2n) is 5.98. The first-order valence-electron chi connectivity index (χ1n) is 7.97. The van der Waals surface area contributed by atoms with Gasteiger partial charge in [-0.1, -0.05) is 31.0 Å². The lowest BCUT2D eigenvalue weighted by Gasteiger charge is -2.28. The Bertz CT molecular complexity index is 677. The maximum atomic E-state index is 12.1. The largest absolute Gasteiger partial charge is 0.391 e. The number of amides is 2. The highest BCUT2D eigenvalue weighted by Gasteiger charge is 2.24. The van der Waals surface area contributed by atoms with Crippen LogP contribution in [0.3, 0.4) is 0 Å².